The summed E-state index contributed by atoms with van der Waals surface area (Å²) < 4.78 is 12.6. The third-order valence-corrected chi connectivity index (χ3v) is 3.11. The van der Waals surface area contributed by atoms with Gasteiger partial charge in [-0.15, -0.1) is 0 Å². The molecule has 0 spiro atoms. The lowest BCUT2D eigenvalue weighted by atomic mass is 10.2. The molecule has 0 aliphatic rings. The number of nitrogen functional groups attached to an aromatic ring is 1. The molecule has 2 aromatic rings. The molecule has 2 N–H and O–H groups in total. The maximum atomic E-state index is 5.76. The van der Waals surface area contributed by atoms with E-state index >= 15 is 0 Å². The van der Waals surface area contributed by atoms with E-state index in [1.54, 1.807) is 19.5 Å². The first-order valence-corrected chi connectivity index (χ1v) is 7.30. The Labute approximate surface area is 130 Å². The summed E-state index contributed by atoms with van der Waals surface area (Å²) in [6, 6.07) is 5.68. The summed E-state index contributed by atoms with van der Waals surface area (Å²) in [6.45, 7) is 4.66. The van der Waals surface area contributed by atoms with Crippen molar-refractivity contribution in [2.24, 2.45) is 5.10 Å². The molecular formula is C16H22N4O2. The Hall–Kier alpha value is -2.50. The van der Waals surface area contributed by atoms with Crippen molar-refractivity contribution in [2.45, 2.75) is 26.7 Å². The van der Waals surface area contributed by atoms with E-state index in [9.17, 15) is 0 Å². The molecule has 22 heavy (non-hydrogen) atoms. The normalized spacial score (nSPS) is 11.0. The van der Waals surface area contributed by atoms with Crippen LogP contribution in [0.25, 0.3) is 0 Å². The van der Waals surface area contributed by atoms with E-state index < -0.39 is 0 Å². The lowest BCUT2D eigenvalue weighted by Gasteiger charge is -2.10. The first-order chi connectivity index (χ1) is 10.6. The monoisotopic (exact) mass is 302 g/mol. The predicted octanol–water partition coefficient (Wildman–Crippen LogP) is 2.84. The third kappa shape index (κ3) is 4.00. The fourth-order valence-corrected chi connectivity index (χ4v) is 1.94. The quantitative estimate of drug-likeness (QED) is 0.630. The summed E-state index contributed by atoms with van der Waals surface area (Å²) in [7, 11) is 1.63. The summed E-state index contributed by atoms with van der Waals surface area (Å²) in [5, 5.41) is 4.30. The van der Waals surface area contributed by atoms with Crippen LogP contribution in [0.5, 0.6) is 11.5 Å². The lowest BCUT2D eigenvalue weighted by Crippen LogP contribution is -2.00. The number of unbranched alkanes of at least 4 members (excludes halogenated alkanes) is 1. The van der Waals surface area contributed by atoms with E-state index in [-0.39, 0.29) is 0 Å². The van der Waals surface area contributed by atoms with Crippen LogP contribution in [0.3, 0.4) is 0 Å². The molecule has 0 aliphatic heterocycles. The Morgan fingerprint density at radius 2 is 2.18 bits per heavy atom. The van der Waals surface area contributed by atoms with Crippen molar-refractivity contribution >= 4 is 12.2 Å². The molecule has 0 unspecified atom stereocenters. The van der Waals surface area contributed by atoms with Gasteiger partial charge in [-0.3, -0.25) is 0 Å². The number of nitrogens with zero attached hydrogens (tertiary/aromatic N) is 3. The van der Waals surface area contributed by atoms with Crippen molar-refractivity contribution in [3.8, 4) is 11.5 Å². The van der Waals surface area contributed by atoms with Gasteiger partial charge in [0.2, 0.25) is 5.95 Å². The van der Waals surface area contributed by atoms with E-state index in [0.717, 1.165) is 29.8 Å². The van der Waals surface area contributed by atoms with E-state index in [1.165, 1.54) is 4.68 Å². The van der Waals surface area contributed by atoms with Crippen LogP contribution in [0.2, 0.25) is 0 Å². The number of nitrogens with two attached hydrogens (primary N) is 1. The second-order valence-electron chi connectivity index (χ2n) is 4.94. The topological polar surface area (TPSA) is 74.7 Å². The van der Waals surface area contributed by atoms with Crippen molar-refractivity contribution in [1.82, 2.24) is 9.66 Å². The number of imidazole rings is 1. The molecule has 0 bridgehead atoms. The number of methoxy groups -OCH3 is 1. The van der Waals surface area contributed by atoms with Gasteiger partial charge in [-0.1, -0.05) is 13.3 Å². The van der Waals surface area contributed by atoms with Gasteiger partial charge in [-0.05, 0) is 37.1 Å². The maximum absolute atomic E-state index is 5.76. The molecule has 0 radical (unpaired) electrons. The molecule has 0 saturated heterocycles. The average molecular weight is 302 g/mol. The highest BCUT2D eigenvalue weighted by Gasteiger charge is 2.05. The van der Waals surface area contributed by atoms with Gasteiger partial charge in [0.05, 0.1) is 31.8 Å². The van der Waals surface area contributed by atoms with Gasteiger partial charge in [-0.25, -0.2) is 9.66 Å². The first kappa shape index (κ1) is 15.9. The van der Waals surface area contributed by atoms with Gasteiger partial charge in [0.25, 0.3) is 0 Å². The molecule has 118 valence electrons. The van der Waals surface area contributed by atoms with Crippen LogP contribution >= 0.6 is 0 Å². The zero-order chi connectivity index (χ0) is 15.9. The number of hydrogen-bond acceptors (Lipinski definition) is 5. The second kappa shape index (κ2) is 7.49. The minimum atomic E-state index is 0.363. The Bertz CT molecular complexity index is 650. The van der Waals surface area contributed by atoms with Gasteiger partial charge < -0.3 is 15.2 Å². The number of benzene rings is 1. The second-order valence-corrected chi connectivity index (χ2v) is 4.94. The molecule has 0 aliphatic carbocycles. The SMILES string of the molecule is CCCCOc1cc(C=Nn2cc(C)nc2N)ccc1OC. The van der Waals surface area contributed by atoms with Crippen molar-refractivity contribution in [1.29, 1.82) is 0 Å². The minimum Gasteiger partial charge on any atom is -0.493 e. The standard InChI is InChI=1S/C16H22N4O2/c1-4-5-8-22-15-9-13(6-7-14(15)21-3)10-18-20-11-12(2)19-16(20)17/h6-7,9-11H,4-5,8H2,1-3H3,(H2,17,19). The van der Waals surface area contributed by atoms with Crippen molar-refractivity contribution in [3.05, 3.63) is 35.7 Å². The zero-order valence-corrected chi connectivity index (χ0v) is 13.2. The number of aryl methyl sites for hydroxylation is 1. The summed E-state index contributed by atoms with van der Waals surface area (Å²) in [4.78, 5) is 4.10. The van der Waals surface area contributed by atoms with Crippen molar-refractivity contribution in [3.63, 3.8) is 0 Å². The molecule has 6 heteroatoms. The van der Waals surface area contributed by atoms with Gasteiger partial charge in [0.15, 0.2) is 11.5 Å². The molecule has 0 fully saturated rings. The largest absolute Gasteiger partial charge is 0.493 e. The summed E-state index contributed by atoms with van der Waals surface area (Å²) in [5.74, 6) is 1.79. The van der Waals surface area contributed by atoms with E-state index in [0.29, 0.717) is 18.3 Å². The van der Waals surface area contributed by atoms with Crippen LogP contribution < -0.4 is 15.2 Å². The molecule has 2 rings (SSSR count). The first-order valence-electron chi connectivity index (χ1n) is 7.30. The minimum absolute atomic E-state index is 0.363. The number of rotatable bonds is 7. The average Bonchev–Trinajstić information content (AvgIpc) is 2.83. The van der Waals surface area contributed by atoms with Gasteiger partial charge in [0.1, 0.15) is 0 Å². The molecule has 1 aromatic heterocycles. The van der Waals surface area contributed by atoms with E-state index in [4.69, 9.17) is 15.2 Å². The Morgan fingerprint density at radius 1 is 1.36 bits per heavy atom. The lowest BCUT2D eigenvalue weighted by molar-refractivity contribution is 0.288. The summed E-state index contributed by atoms with van der Waals surface area (Å²) in [5.41, 5.74) is 7.48. The van der Waals surface area contributed by atoms with Crippen LogP contribution in [0.4, 0.5) is 5.95 Å². The fraction of sp³-hybridized carbons (Fsp3) is 0.375. The van der Waals surface area contributed by atoms with Crippen LogP contribution in [0, 0.1) is 6.92 Å². The molecule has 0 amide bonds. The smallest absolute Gasteiger partial charge is 0.221 e. The van der Waals surface area contributed by atoms with Crippen LogP contribution in [-0.2, 0) is 0 Å². The zero-order valence-electron chi connectivity index (χ0n) is 13.2. The maximum Gasteiger partial charge on any atom is 0.221 e. The number of hydrogen-bond donors (Lipinski definition) is 1. The fourth-order valence-electron chi connectivity index (χ4n) is 1.94. The molecule has 0 atom stereocenters. The Morgan fingerprint density at radius 3 is 2.82 bits per heavy atom. The molecule has 1 heterocycles. The van der Waals surface area contributed by atoms with Gasteiger partial charge in [0, 0.05) is 0 Å². The summed E-state index contributed by atoms with van der Waals surface area (Å²) >= 11 is 0. The number of aromatic nitrogens is 2. The molecule has 6 nitrogen and oxygen atoms in total. The highest BCUT2D eigenvalue weighted by atomic mass is 16.5. The molecule has 0 saturated carbocycles. The number of ether oxygens (including phenoxy) is 2. The third-order valence-electron chi connectivity index (χ3n) is 3.11. The predicted molar refractivity (Wildman–Crippen MR) is 87.8 cm³/mol. The summed E-state index contributed by atoms with van der Waals surface area (Å²) in [6.07, 6.45) is 5.58. The highest BCUT2D eigenvalue weighted by Crippen LogP contribution is 2.27. The highest BCUT2D eigenvalue weighted by molar-refractivity contribution is 5.81. The van der Waals surface area contributed by atoms with Gasteiger partial charge >= 0.3 is 0 Å². The number of anilines is 1. The Kier molecular flexibility index (Phi) is 5.41. The van der Waals surface area contributed by atoms with Crippen LogP contribution in [0.1, 0.15) is 31.0 Å². The van der Waals surface area contributed by atoms with Crippen LogP contribution in [0.15, 0.2) is 29.5 Å². The van der Waals surface area contributed by atoms with E-state index in [2.05, 4.69) is 17.0 Å². The van der Waals surface area contributed by atoms with Gasteiger partial charge in [-0.2, -0.15) is 5.10 Å². The molecule has 1 aromatic carbocycles. The van der Waals surface area contributed by atoms with E-state index in [1.807, 2.05) is 25.1 Å². The van der Waals surface area contributed by atoms with Crippen LogP contribution in [-0.4, -0.2) is 29.6 Å². The Balaban J connectivity index is 2.17. The van der Waals surface area contributed by atoms with Crippen molar-refractivity contribution < 1.29 is 9.47 Å². The molecular weight excluding hydrogens is 280 g/mol. The van der Waals surface area contributed by atoms with Crippen molar-refractivity contribution in [2.75, 3.05) is 19.5 Å².